The van der Waals surface area contributed by atoms with Crippen molar-refractivity contribution >= 4 is 17.5 Å². The van der Waals surface area contributed by atoms with E-state index in [1.165, 1.54) is 12.8 Å². The maximum Gasteiger partial charge on any atom is 0.322 e. The molecule has 1 aliphatic rings. The van der Waals surface area contributed by atoms with Gasteiger partial charge in [-0.25, -0.2) is 0 Å². The Balaban J connectivity index is 2.12. The molecule has 1 aliphatic carbocycles. The zero-order valence-corrected chi connectivity index (χ0v) is 11.8. The molecule has 0 aliphatic heterocycles. The van der Waals surface area contributed by atoms with Gasteiger partial charge in [-0.15, -0.1) is 0 Å². The van der Waals surface area contributed by atoms with Gasteiger partial charge in [-0.05, 0) is 43.7 Å². The van der Waals surface area contributed by atoms with E-state index >= 15 is 0 Å². The fourth-order valence-corrected chi connectivity index (χ4v) is 1.96. The van der Waals surface area contributed by atoms with Gasteiger partial charge in [0.1, 0.15) is 0 Å². The van der Waals surface area contributed by atoms with E-state index in [0.29, 0.717) is 24.6 Å². The molecule has 0 radical (unpaired) electrons. The third kappa shape index (κ3) is 3.22. The highest BCUT2D eigenvalue weighted by Gasteiger charge is 2.31. The summed E-state index contributed by atoms with van der Waals surface area (Å²) in [5.41, 5.74) is 0. The molecule has 0 bridgehead atoms. The van der Waals surface area contributed by atoms with Gasteiger partial charge in [-0.2, -0.15) is 15.0 Å². The quantitative estimate of drug-likeness (QED) is 0.795. The van der Waals surface area contributed by atoms with Crippen molar-refractivity contribution in [1.29, 1.82) is 0 Å². The van der Waals surface area contributed by atoms with E-state index in [-0.39, 0.29) is 5.28 Å². The van der Waals surface area contributed by atoms with Crippen molar-refractivity contribution in [2.24, 2.45) is 5.92 Å². The number of aromatic nitrogens is 3. The smallest absolute Gasteiger partial charge is 0.322 e. The monoisotopic (exact) mass is 270 g/mol. The predicted molar refractivity (Wildman–Crippen MR) is 71.2 cm³/mol. The largest absolute Gasteiger partial charge is 0.463 e. The van der Waals surface area contributed by atoms with Crippen LogP contribution in [0.25, 0.3) is 0 Å². The van der Waals surface area contributed by atoms with Crippen LogP contribution in [0.4, 0.5) is 5.95 Å². The molecule has 100 valence electrons. The zero-order valence-electron chi connectivity index (χ0n) is 11.1. The van der Waals surface area contributed by atoms with E-state index in [9.17, 15) is 0 Å². The number of hydrogen-bond acceptors (Lipinski definition) is 5. The van der Waals surface area contributed by atoms with E-state index < -0.39 is 0 Å². The van der Waals surface area contributed by atoms with Gasteiger partial charge in [0.05, 0.1) is 6.61 Å². The summed E-state index contributed by atoms with van der Waals surface area (Å²) < 4.78 is 5.41. The van der Waals surface area contributed by atoms with Crippen LogP contribution in [0.15, 0.2) is 0 Å². The second kappa shape index (κ2) is 5.69. The third-order valence-corrected chi connectivity index (χ3v) is 3.41. The summed E-state index contributed by atoms with van der Waals surface area (Å²) >= 11 is 5.90. The molecular formula is C12H19ClN4O. The summed E-state index contributed by atoms with van der Waals surface area (Å²) in [6, 6.07) is 0.726. The summed E-state index contributed by atoms with van der Waals surface area (Å²) in [6.07, 6.45) is 3.47. The minimum Gasteiger partial charge on any atom is -0.463 e. The molecule has 1 atom stereocenters. The predicted octanol–water partition coefficient (Wildman–Crippen LogP) is 2.55. The Morgan fingerprint density at radius 3 is 2.72 bits per heavy atom. The maximum absolute atomic E-state index is 5.90. The Morgan fingerprint density at radius 2 is 2.11 bits per heavy atom. The molecule has 0 spiro atoms. The molecule has 0 aromatic carbocycles. The van der Waals surface area contributed by atoms with E-state index in [2.05, 4.69) is 21.9 Å². The number of anilines is 1. The van der Waals surface area contributed by atoms with Crippen molar-refractivity contribution in [1.82, 2.24) is 15.0 Å². The third-order valence-electron chi connectivity index (χ3n) is 3.24. The molecule has 1 saturated carbocycles. The Labute approximate surface area is 113 Å². The van der Waals surface area contributed by atoms with Crippen LogP contribution in [0, 0.1) is 5.92 Å². The summed E-state index contributed by atoms with van der Waals surface area (Å²) in [5, 5.41) is 0.181. The highest BCUT2D eigenvalue weighted by molar-refractivity contribution is 6.28. The van der Waals surface area contributed by atoms with Crippen molar-refractivity contribution in [3.8, 4) is 6.01 Å². The fraction of sp³-hybridized carbons (Fsp3) is 0.750. The second-order valence-corrected chi connectivity index (χ2v) is 5.06. The van der Waals surface area contributed by atoms with Crippen molar-refractivity contribution in [2.75, 3.05) is 18.6 Å². The second-order valence-electron chi connectivity index (χ2n) is 4.72. The number of rotatable bonds is 6. The van der Waals surface area contributed by atoms with Crippen molar-refractivity contribution < 1.29 is 4.74 Å². The van der Waals surface area contributed by atoms with Crippen LogP contribution in [-0.2, 0) is 0 Å². The molecule has 0 amide bonds. The van der Waals surface area contributed by atoms with Crippen molar-refractivity contribution in [2.45, 2.75) is 39.2 Å². The molecule has 0 saturated heterocycles. The summed E-state index contributed by atoms with van der Waals surface area (Å²) in [4.78, 5) is 14.5. The normalized spacial score (nSPS) is 16.4. The maximum atomic E-state index is 5.90. The highest BCUT2D eigenvalue weighted by atomic mass is 35.5. The molecule has 1 fully saturated rings. The topological polar surface area (TPSA) is 51.1 Å². The van der Waals surface area contributed by atoms with Crippen molar-refractivity contribution in [3.05, 3.63) is 5.28 Å². The van der Waals surface area contributed by atoms with E-state index in [0.717, 1.165) is 12.3 Å². The molecule has 2 rings (SSSR count). The Kier molecular flexibility index (Phi) is 4.22. The molecule has 5 nitrogen and oxygen atoms in total. The summed E-state index contributed by atoms with van der Waals surface area (Å²) in [6.45, 7) is 4.80. The number of ether oxygens (including phenoxy) is 1. The van der Waals surface area contributed by atoms with E-state index in [4.69, 9.17) is 16.3 Å². The highest BCUT2D eigenvalue weighted by Crippen LogP contribution is 2.35. The van der Waals surface area contributed by atoms with Crippen LogP contribution >= 0.6 is 11.6 Å². The molecule has 18 heavy (non-hydrogen) atoms. The van der Waals surface area contributed by atoms with Crippen molar-refractivity contribution in [3.63, 3.8) is 0 Å². The van der Waals surface area contributed by atoms with Crippen LogP contribution in [-0.4, -0.2) is 34.6 Å². The average molecular weight is 271 g/mol. The molecule has 0 N–H and O–H groups in total. The molecule has 1 aromatic heterocycles. The number of nitrogens with zero attached hydrogens (tertiary/aromatic N) is 4. The lowest BCUT2D eigenvalue weighted by atomic mass is 10.2. The van der Waals surface area contributed by atoms with Gasteiger partial charge in [0.15, 0.2) is 0 Å². The molecule has 1 unspecified atom stereocenters. The molecule has 1 heterocycles. The summed E-state index contributed by atoms with van der Waals surface area (Å²) in [7, 11) is 1.98. The lowest BCUT2D eigenvalue weighted by Crippen LogP contribution is -2.32. The van der Waals surface area contributed by atoms with E-state index in [1.807, 2.05) is 18.9 Å². The number of hydrogen-bond donors (Lipinski definition) is 0. The first kappa shape index (κ1) is 13.3. The first-order valence-corrected chi connectivity index (χ1v) is 6.76. The number of halogens is 1. The standard InChI is InChI=1S/C12H19ClN4O/c1-4-7-18-12-15-10(13)14-11(16-12)17(3)8(2)9-5-6-9/h8-9H,4-7H2,1-3H3. The van der Waals surface area contributed by atoms with Gasteiger partial charge in [0.2, 0.25) is 11.2 Å². The molecular weight excluding hydrogens is 252 g/mol. The average Bonchev–Trinajstić information content (AvgIpc) is 3.18. The van der Waals surface area contributed by atoms with Crippen LogP contribution in [0.3, 0.4) is 0 Å². The minimum absolute atomic E-state index is 0.181. The zero-order chi connectivity index (χ0) is 13.1. The summed E-state index contributed by atoms with van der Waals surface area (Å²) in [5.74, 6) is 1.33. The van der Waals surface area contributed by atoms with Crippen LogP contribution in [0.1, 0.15) is 33.1 Å². The SMILES string of the molecule is CCCOc1nc(Cl)nc(N(C)C(C)C2CC2)n1. The Bertz CT molecular complexity index is 411. The van der Waals surface area contributed by atoms with Gasteiger partial charge >= 0.3 is 6.01 Å². The Morgan fingerprint density at radius 1 is 1.39 bits per heavy atom. The molecule has 6 heteroatoms. The lowest BCUT2D eigenvalue weighted by Gasteiger charge is -2.24. The van der Waals surface area contributed by atoms with Crippen LogP contribution in [0.2, 0.25) is 5.28 Å². The molecule has 1 aromatic rings. The van der Waals surface area contributed by atoms with Gasteiger partial charge in [0, 0.05) is 13.1 Å². The van der Waals surface area contributed by atoms with Crippen LogP contribution in [0.5, 0.6) is 6.01 Å². The minimum atomic E-state index is 0.181. The van der Waals surface area contributed by atoms with Gasteiger partial charge in [-0.1, -0.05) is 6.92 Å². The van der Waals surface area contributed by atoms with Gasteiger partial charge < -0.3 is 9.64 Å². The van der Waals surface area contributed by atoms with Gasteiger partial charge in [0.25, 0.3) is 0 Å². The Hall–Kier alpha value is -1.10. The fourth-order valence-electron chi connectivity index (χ4n) is 1.81. The first-order valence-electron chi connectivity index (χ1n) is 6.39. The van der Waals surface area contributed by atoms with Crippen LogP contribution < -0.4 is 9.64 Å². The first-order chi connectivity index (χ1) is 8.61. The van der Waals surface area contributed by atoms with Gasteiger partial charge in [-0.3, -0.25) is 0 Å². The lowest BCUT2D eigenvalue weighted by molar-refractivity contribution is 0.291. The van der Waals surface area contributed by atoms with E-state index in [1.54, 1.807) is 0 Å².